The summed E-state index contributed by atoms with van der Waals surface area (Å²) in [5.41, 5.74) is 0. The molecule has 126 valence electrons. The van der Waals surface area contributed by atoms with Gasteiger partial charge in [-0.2, -0.15) is 18.2 Å². The van der Waals surface area contributed by atoms with Gasteiger partial charge in [-0.25, -0.2) is 5.06 Å². The van der Waals surface area contributed by atoms with E-state index in [2.05, 4.69) is 14.7 Å². The number of nitrogens with zero attached hydrogens (tertiary/aromatic N) is 3. The molecule has 10 heteroatoms. The zero-order valence-electron chi connectivity index (χ0n) is 12.5. The molecule has 2 rings (SSSR count). The van der Waals surface area contributed by atoms with Gasteiger partial charge in [-0.05, 0) is 12.1 Å². The first-order chi connectivity index (χ1) is 10.7. The third-order valence-electron chi connectivity index (χ3n) is 2.81. The van der Waals surface area contributed by atoms with Crippen LogP contribution in [0.1, 0.15) is 24.6 Å². The van der Waals surface area contributed by atoms with Crippen molar-refractivity contribution >= 4 is 17.2 Å². The van der Waals surface area contributed by atoms with Crippen molar-refractivity contribution < 1.29 is 27.3 Å². The lowest BCUT2D eigenvalue weighted by molar-refractivity contribution is -0.182. The number of alkyl halides is 3. The second-order valence-corrected chi connectivity index (χ2v) is 6.07. The molecule has 2 heterocycles. The average Bonchev–Trinajstić information content (AvgIpc) is 3.11. The van der Waals surface area contributed by atoms with Crippen LogP contribution in [0.2, 0.25) is 0 Å². The van der Waals surface area contributed by atoms with Crippen LogP contribution in [0, 0.1) is 5.92 Å². The lowest BCUT2D eigenvalue weighted by Crippen LogP contribution is -2.32. The minimum Gasteiger partial charge on any atom is -0.329 e. The van der Waals surface area contributed by atoms with E-state index in [0.717, 1.165) is 11.3 Å². The van der Waals surface area contributed by atoms with E-state index in [4.69, 9.17) is 4.84 Å². The molecule has 0 aliphatic heterocycles. The molecule has 2 aromatic heterocycles. The van der Waals surface area contributed by atoms with Crippen molar-refractivity contribution in [2.45, 2.75) is 26.6 Å². The normalized spacial score (nSPS) is 12.0. The Hall–Kier alpha value is -1.94. The summed E-state index contributed by atoms with van der Waals surface area (Å²) in [6.45, 7) is 3.67. The van der Waals surface area contributed by atoms with E-state index in [0.29, 0.717) is 9.75 Å². The predicted molar refractivity (Wildman–Crippen MR) is 75.0 cm³/mol. The second-order valence-electron chi connectivity index (χ2n) is 4.90. The highest BCUT2D eigenvalue weighted by Gasteiger charge is 2.38. The van der Waals surface area contributed by atoms with Gasteiger partial charge in [-0.1, -0.05) is 19.0 Å². The van der Waals surface area contributed by atoms with E-state index in [-0.39, 0.29) is 24.2 Å². The summed E-state index contributed by atoms with van der Waals surface area (Å²) in [6, 6.07) is 3.24. The molecule has 0 saturated heterocycles. The lowest BCUT2D eigenvalue weighted by atomic mass is 10.2. The van der Waals surface area contributed by atoms with Crippen molar-refractivity contribution in [1.29, 1.82) is 0 Å². The molecule has 0 bridgehead atoms. The van der Waals surface area contributed by atoms with Crippen LogP contribution in [-0.4, -0.2) is 28.2 Å². The van der Waals surface area contributed by atoms with Gasteiger partial charge < -0.3 is 4.52 Å². The Morgan fingerprint density at radius 2 is 2.13 bits per heavy atom. The number of carbonyl (C=O) groups is 1. The molecule has 0 atom stereocenters. The summed E-state index contributed by atoms with van der Waals surface area (Å²) in [5, 5.41) is 4.51. The Balaban J connectivity index is 2.14. The zero-order chi connectivity index (χ0) is 17.2. The van der Waals surface area contributed by atoms with Crippen LogP contribution in [0.3, 0.4) is 0 Å². The summed E-state index contributed by atoms with van der Waals surface area (Å²) in [7, 11) is 1.38. The van der Waals surface area contributed by atoms with Crippen LogP contribution in [0.15, 0.2) is 16.7 Å². The Bertz CT molecular complexity index is 681. The molecule has 2 aromatic rings. The van der Waals surface area contributed by atoms with E-state index in [1.54, 1.807) is 26.0 Å². The molecule has 0 aromatic carbocycles. The topological polar surface area (TPSA) is 68.5 Å². The fourth-order valence-corrected chi connectivity index (χ4v) is 2.59. The average molecular weight is 349 g/mol. The van der Waals surface area contributed by atoms with Crippen LogP contribution in [-0.2, 0) is 22.4 Å². The molecule has 6 nitrogen and oxygen atoms in total. The summed E-state index contributed by atoms with van der Waals surface area (Å²) >= 11 is 1.16. The molecule has 0 N–H and O–H groups in total. The van der Waals surface area contributed by atoms with Crippen LogP contribution < -0.4 is 0 Å². The maximum Gasteiger partial charge on any atom is 0.471 e. The summed E-state index contributed by atoms with van der Waals surface area (Å²) in [4.78, 5) is 21.4. The highest BCUT2D eigenvalue weighted by Crippen LogP contribution is 2.32. The Morgan fingerprint density at radius 1 is 1.43 bits per heavy atom. The van der Waals surface area contributed by atoms with Crippen LogP contribution in [0.4, 0.5) is 13.2 Å². The third-order valence-corrected chi connectivity index (χ3v) is 3.88. The third kappa shape index (κ3) is 4.08. The molecule has 23 heavy (non-hydrogen) atoms. The predicted octanol–water partition coefficient (Wildman–Crippen LogP) is 3.36. The first-order valence-corrected chi connectivity index (χ1v) is 7.39. The number of thiophene rings is 1. The van der Waals surface area contributed by atoms with Crippen molar-refractivity contribution in [3.63, 3.8) is 0 Å². The van der Waals surface area contributed by atoms with Crippen LogP contribution in [0.25, 0.3) is 10.7 Å². The molecule has 1 amide bonds. The van der Waals surface area contributed by atoms with Crippen LogP contribution in [0.5, 0.6) is 0 Å². The Morgan fingerprint density at radius 3 is 2.65 bits per heavy atom. The number of hydroxylamine groups is 2. The number of hydrogen-bond acceptors (Lipinski definition) is 6. The van der Waals surface area contributed by atoms with Gasteiger partial charge in [0.2, 0.25) is 11.7 Å². The maximum atomic E-state index is 12.5. The second kappa shape index (κ2) is 6.67. The SMILES string of the molecule is CON(Cc1ccc(-c2noc(C(F)(F)F)n2)s1)C(=O)C(C)C. The summed E-state index contributed by atoms with van der Waals surface area (Å²) in [6.07, 6.45) is -4.68. The quantitative estimate of drug-likeness (QED) is 0.774. The van der Waals surface area contributed by atoms with Gasteiger partial charge in [0.05, 0.1) is 18.5 Å². The van der Waals surface area contributed by atoms with Gasteiger partial charge in [0.15, 0.2) is 0 Å². The highest BCUT2D eigenvalue weighted by atomic mass is 32.1. The number of rotatable bonds is 5. The lowest BCUT2D eigenvalue weighted by Gasteiger charge is -2.20. The number of aromatic nitrogens is 2. The number of amides is 1. The smallest absolute Gasteiger partial charge is 0.329 e. The molecule has 0 aliphatic rings. The molecule has 0 aliphatic carbocycles. The zero-order valence-corrected chi connectivity index (χ0v) is 13.4. The van der Waals surface area contributed by atoms with Gasteiger partial charge in [0.1, 0.15) is 0 Å². The minimum absolute atomic E-state index is 0.146. The van der Waals surface area contributed by atoms with E-state index >= 15 is 0 Å². The first-order valence-electron chi connectivity index (χ1n) is 6.58. The monoisotopic (exact) mass is 349 g/mol. The molecule has 0 saturated carbocycles. The Kier molecular flexibility index (Phi) is 5.05. The Labute approximate surface area is 133 Å². The maximum absolute atomic E-state index is 12.5. The highest BCUT2D eigenvalue weighted by molar-refractivity contribution is 7.15. The molecule has 0 fully saturated rings. The van der Waals surface area contributed by atoms with Gasteiger partial charge in [0.25, 0.3) is 0 Å². The van der Waals surface area contributed by atoms with Gasteiger partial charge >= 0.3 is 12.1 Å². The summed E-state index contributed by atoms with van der Waals surface area (Å²) in [5.74, 6) is -1.97. The van der Waals surface area contributed by atoms with E-state index in [1.165, 1.54) is 12.2 Å². The number of carbonyl (C=O) groups excluding carboxylic acids is 1. The molecular weight excluding hydrogens is 335 g/mol. The van der Waals surface area contributed by atoms with Gasteiger partial charge in [0, 0.05) is 10.8 Å². The van der Waals surface area contributed by atoms with E-state index in [9.17, 15) is 18.0 Å². The molecule has 0 spiro atoms. The van der Waals surface area contributed by atoms with Crippen molar-refractivity contribution in [2.24, 2.45) is 5.92 Å². The van der Waals surface area contributed by atoms with Crippen molar-refractivity contribution in [1.82, 2.24) is 15.2 Å². The fraction of sp³-hybridized carbons (Fsp3) is 0.462. The number of halogens is 3. The van der Waals surface area contributed by atoms with Crippen LogP contribution >= 0.6 is 11.3 Å². The van der Waals surface area contributed by atoms with Gasteiger partial charge in [-0.3, -0.25) is 9.63 Å². The fourth-order valence-electron chi connectivity index (χ4n) is 1.68. The van der Waals surface area contributed by atoms with E-state index in [1.807, 2.05) is 0 Å². The van der Waals surface area contributed by atoms with Crippen molar-refractivity contribution in [3.8, 4) is 10.7 Å². The standard InChI is InChI=1S/C13H14F3N3O3S/c1-7(2)11(20)19(21-3)6-8-4-5-9(23-8)10-17-12(22-18-10)13(14,15)16/h4-5,7H,6H2,1-3H3. The summed E-state index contributed by atoms with van der Waals surface area (Å²) < 4.78 is 41.5. The molecular formula is C13H14F3N3O3S. The largest absolute Gasteiger partial charge is 0.471 e. The molecule has 0 radical (unpaired) electrons. The first kappa shape index (κ1) is 17.4. The van der Waals surface area contributed by atoms with E-state index < -0.39 is 12.1 Å². The van der Waals surface area contributed by atoms with Crippen molar-refractivity contribution in [2.75, 3.05) is 7.11 Å². The van der Waals surface area contributed by atoms with Gasteiger partial charge in [-0.15, -0.1) is 11.3 Å². The minimum atomic E-state index is -4.68. The van der Waals surface area contributed by atoms with Crippen molar-refractivity contribution in [3.05, 3.63) is 22.9 Å². The number of hydrogen-bond donors (Lipinski definition) is 0. The molecule has 0 unspecified atom stereocenters.